The third-order valence-electron chi connectivity index (χ3n) is 12.9. The van der Waals surface area contributed by atoms with E-state index in [1.807, 2.05) is 6.92 Å². The molecule has 0 radical (unpaired) electrons. The average molecular weight is 643 g/mol. The van der Waals surface area contributed by atoms with Crippen molar-refractivity contribution in [3.63, 3.8) is 0 Å². The minimum atomic E-state index is -1.67. The number of rotatable bonds is 6. The highest BCUT2D eigenvalue weighted by atomic mass is 16.7. The van der Waals surface area contributed by atoms with Crippen LogP contribution in [0.4, 0.5) is 0 Å². The van der Waals surface area contributed by atoms with Gasteiger partial charge in [0.2, 0.25) is 6.29 Å². The molecule has 13 heteroatoms. The van der Waals surface area contributed by atoms with Gasteiger partial charge in [-0.25, -0.2) is 0 Å². The molecule has 16 atom stereocenters. The summed E-state index contributed by atoms with van der Waals surface area (Å²) in [6.07, 6.45) is -7.82. The summed E-state index contributed by atoms with van der Waals surface area (Å²) in [6.45, 7) is 7.41. The maximum absolute atomic E-state index is 13.9. The van der Waals surface area contributed by atoms with E-state index in [1.54, 1.807) is 0 Å². The second-order valence-electron chi connectivity index (χ2n) is 15.2. The lowest BCUT2D eigenvalue weighted by Crippen LogP contribution is -2.63. The maximum atomic E-state index is 13.9. The van der Waals surface area contributed by atoms with Gasteiger partial charge < -0.3 is 59.8 Å². The number of aliphatic hydroxyl groups excluding tert-OH is 8. The zero-order chi connectivity index (χ0) is 32.7. The Labute approximate surface area is 262 Å². The van der Waals surface area contributed by atoms with Crippen LogP contribution < -0.4 is 0 Å². The molecule has 0 aromatic heterocycles. The molecule has 0 unspecified atom stereocenters. The molecule has 13 nitrogen and oxygen atoms in total. The summed E-state index contributed by atoms with van der Waals surface area (Å²) in [5.41, 5.74) is -1.20. The highest BCUT2D eigenvalue weighted by Crippen LogP contribution is 2.73. The van der Waals surface area contributed by atoms with E-state index >= 15 is 0 Å². The van der Waals surface area contributed by atoms with Gasteiger partial charge in [0.1, 0.15) is 48.8 Å². The number of carbonyl (C=O) groups excluding carboxylic acids is 1. The van der Waals surface area contributed by atoms with Gasteiger partial charge in [0, 0.05) is 0 Å². The predicted octanol–water partition coefficient (Wildman–Crippen LogP) is -0.762. The Kier molecular flexibility index (Phi) is 8.77. The normalized spacial score (nSPS) is 54.7. The summed E-state index contributed by atoms with van der Waals surface area (Å²) in [4.78, 5) is 13.9. The Morgan fingerprint density at radius 2 is 1.38 bits per heavy atom. The first kappa shape index (κ1) is 33.7. The molecule has 2 saturated heterocycles. The molecule has 45 heavy (non-hydrogen) atoms. The number of carbonyl (C=O) groups is 1. The summed E-state index contributed by atoms with van der Waals surface area (Å²) in [6, 6.07) is 0. The van der Waals surface area contributed by atoms with Crippen LogP contribution in [0.2, 0.25) is 0 Å². The average Bonchev–Trinajstić information content (AvgIpc) is 3.20. The molecule has 8 N–H and O–H groups in total. The maximum Gasteiger partial charge on any atom is 0.314 e. The molecule has 4 saturated carbocycles. The smallest absolute Gasteiger partial charge is 0.314 e. The third kappa shape index (κ3) is 5.04. The van der Waals surface area contributed by atoms with Crippen LogP contribution in [0.5, 0.6) is 0 Å². The van der Waals surface area contributed by atoms with Crippen molar-refractivity contribution in [2.75, 3.05) is 13.2 Å². The van der Waals surface area contributed by atoms with Gasteiger partial charge in [-0.15, -0.1) is 0 Å². The lowest BCUT2D eigenvalue weighted by Gasteiger charge is -2.64. The van der Waals surface area contributed by atoms with E-state index in [2.05, 4.69) is 13.5 Å². The fourth-order valence-electron chi connectivity index (χ4n) is 10.5. The first-order valence-electron chi connectivity index (χ1n) is 16.3. The van der Waals surface area contributed by atoms with E-state index in [0.29, 0.717) is 25.7 Å². The van der Waals surface area contributed by atoms with Crippen molar-refractivity contribution in [1.29, 1.82) is 0 Å². The second-order valence-corrected chi connectivity index (χ2v) is 15.2. The molecule has 256 valence electrons. The van der Waals surface area contributed by atoms with E-state index in [1.165, 1.54) is 0 Å². The van der Waals surface area contributed by atoms with Crippen LogP contribution in [0.3, 0.4) is 0 Å². The molecule has 0 aromatic carbocycles. The molecular weight excluding hydrogens is 592 g/mol. The zero-order valence-electron chi connectivity index (χ0n) is 26.0. The molecule has 1 spiro atoms. The largest absolute Gasteiger partial charge is 0.432 e. The van der Waals surface area contributed by atoms with Crippen LogP contribution in [-0.2, 0) is 23.7 Å². The fourth-order valence-corrected chi connectivity index (χ4v) is 10.5. The fraction of sp³-hybridized carbons (Fsp3) is 0.906. The van der Waals surface area contributed by atoms with Crippen LogP contribution in [0.1, 0.15) is 71.6 Å². The van der Waals surface area contributed by atoms with Crippen molar-refractivity contribution < 1.29 is 64.6 Å². The van der Waals surface area contributed by atoms with E-state index in [9.17, 15) is 45.6 Å². The van der Waals surface area contributed by atoms with Gasteiger partial charge >= 0.3 is 5.97 Å². The summed E-state index contributed by atoms with van der Waals surface area (Å²) in [7, 11) is 0. The molecule has 0 amide bonds. The molecule has 6 rings (SSSR count). The number of esters is 1. The van der Waals surface area contributed by atoms with Crippen molar-refractivity contribution in [2.24, 2.45) is 28.1 Å². The molecule has 2 heterocycles. The van der Waals surface area contributed by atoms with Crippen LogP contribution in [0.15, 0.2) is 12.2 Å². The van der Waals surface area contributed by atoms with E-state index in [0.717, 1.165) is 37.7 Å². The minimum Gasteiger partial charge on any atom is -0.432 e. The number of hydrogen-bond acceptors (Lipinski definition) is 13. The highest BCUT2D eigenvalue weighted by Gasteiger charge is 2.69. The quantitative estimate of drug-likeness (QED) is 0.102. The van der Waals surface area contributed by atoms with E-state index in [-0.39, 0.29) is 22.7 Å². The Morgan fingerprint density at radius 1 is 0.800 bits per heavy atom. The minimum absolute atomic E-state index is 0.0421. The van der Waals surface area contributed by atoms with Gasteiger partial charge in [0.15, 0.2) is 6.29 Å². The van der Waals surface area contributed by atoms with Gasteiger partial charge in [0.05, 0.1) is 24.2 Å². The van der Waals surface area contributed by atoms with Crippen LogP contribution >= 0.6 is 0 Å². The standard InChI is InChI=1S/C32H50O13/c1-15-11-31-9-5-18-29(2,7-4-8-30(18,3)28(41)44-26-24(39)22(37)20(35)16(12-33)42-26)19(31)6-10-32(15,14-31)45-27-25(40)23(38)21(36)17(13-34)43-27/h16-27,33-40H,1,4-14H2,2-3H3/t16-,17+,18+,19-,20-,21+,22+,23-,24-,25-,26+,27-,29+,30+,31+,32-/m0/s1. The van der Waals surface area contributed by atoms with Crippen molar-refractivity contribution in [1.82, 2.24) is 0 Å². The Hall–Kier alpha value is -1.23. The van der Waals surface area contributed by atoms with Crippen molar-refractivity contribution in [3.05, 3.63) is 12.2 Å². The van der Waals surface area contributed by atoms with Gasteiger partial charge in [-0.1, -0.05) is 19.9 Å². The Balaban J connectivity index is 1.20. The SMILES string of the molecule is C=C1C[C@@]23CC[C@@H]4[C@@](C)(CCC[C@@]4(C)C(=O)O[C@H]4O[C@@H](CO)[C@H](O)[C@@H](O)[C@@H]4O)[C@@H]2CC[C@]1(O[C@@H]1O[C@H](CO)[C@@H](O)[C@H](O)[C@@H]1O)C3. The van der Waals surface area contributed by atoms with Crippen LogP contribution in [-0.4, -0.2) is 127 Å². The van der Waals surface area contributed by atoms with Gasteiger partial charge in [0.25, 0.3) is 0 Å². The molecule has 2 bridgehead atoms. The van der Waals surface area contributed by atoms with Crippen LogP contribution in [0.25, 0.3) is 0 Å². The highest BCUT2D eigenvalue weighted by molar-refractivity contribution is 5.77. The lowest BCUT2D eigenvalue weighted by molar-refractivity contribution is -0.327. The van der Waals surface area contributed by atoms with Crippen molar-refractivity contribution in [3.8, 4) is 0 Å². The summed E-state index contributed by atoms with van der Waals surface area (Å²) < 4.78 is 23.4. The Bertz CT molecular complexity index is 1150. The first-order chi connectivity index (χ1) is 21.2. The monoisotopic (exact) mass is 642 g/mol. The Morgan fingerprint density at radius 3 is 2.00 bits per heavy atom. The summed E-state index contributed by atoms with van der Waals surface area (Å²) in [5, 5.41) is 81.4. The number of hydrogen-bond donors (Lipinski definition) is 8. The lowest BCUT2D eigenvalue weighted by atomic mass is 9.41. The van der Waals surface area contributed by atoms with Crippen molar-refractivity contribution in [2.45, 2.75) is 139 Å². The number of ether oxygens (including phenoxy) is 4. The molecular formula is C32H50O13. The van der Waals surface area contributed by atoms with Gasteiger partial charge in [-0.3, -0.25) is 4.79 Å². The number of fused-ring (bicyclic) bond motifs is 3. The number of aliphatic hydroxyl groups is 8. The van der Waals surface area contributed by atoms with Crippen molar-refractivity contribution >= 4 is 5.97 Å². The molecule has 2 aliphatic heterocycles. The molecule has 6 fully saturated rings. The molecule has 4 aliphatic carbocycles. The van der Waals surface area contributed by atoms with E-state index in [4.69, 9.17) is 18.9 Å². The van der Waals surface area contributed by atoms with E-state index < -0.39 is 91.6 Å². The zero-order valence-corrected chi connectivity index (χ0v) is 26.0. The molecule has 0 aromatic rings. The predicted molar refractivity (Wildman–Crippen MR) is 154 cm³/mol. The second kappa shape index (κ2) is 11.7. The summed E-state index contributed by atoms with van der Waals surface area (Å²) in [5.74, 6) is -0.348. The molecule has 6 aliphatic rings. The first-order valence-corrected chi connectivity index (χ1v) is 16.3. The third-order valence-corrected chi connectivity index (χ3v) is 12.9. The topological polar surface area (TPSA) is 216 Å². The van der Waals surface area contributed by atoms with Crippen LogP contribution in [0, 0.1) is 28.1 Å². The summed E-state index contributed by atoms with van der Waals surface area (Å²) >= 11 is 0. The van der Waals surface area contributed by atoms with Gasteiger partial charge in [-0.05, 0) is 86.5 Å². The van der Waals surface area contributed by atoms with Gasteiger partial charge in [-0.2, -0.15) is 0 Å².